The third-order valence-corrected chi connectivity index (χ3v) is 1.50. The number of unbranched alkanes of at least 4 members (excludes halogenated alkanes) is 1. The van der Waals surface area contributed by atoms with Crippen molar-refractivity contribution in [3.05, 3.63) is 12.2 Å². The molecule has 14 heavy (non-hydrogen) atoms. The first kappa shape index (κ1) is 12.7. The lowest BCUT2D eigenvalue weighted by Crippen LogP contribution is -2.34. The van der Waals surface area contributed by atoms with Crippen LogP contribution in [0.25, 0.3) is 0 Å². The van der Waals surface area contributed by atoms with Crippen LogP contribution in [0.3, 0.4) is 0 Å². The van der Waals surface area contributed by atoms with Crippen LogP contribution < -0.4 is 17.2 Å². The van der Waals surface area contributed by atoms with E-state index < -0.39 is 11.9 Å². The standard InChI is InChI=1S/C10H17N3O/c1-2-3-4-5-8(11)6-7-9(12)10(13)14/h6-9H,2-3,11-12H2,1H3,(H2,13,14). The van der Waals surface area contributed by atoms with Crippen molar-refractivity contribution in [1.29, 1.82) is 0 Å². The number of primary amides is 1. The third-order valence-electron chi connectivity index (χ3n) is 1.50. The molecule has 78 valence electrons. The molecule has 0 radical (unpaired) electrons. The van der Waals surface area contributed by atoms with Crippen LogP contribution in [0.5, 0.6) is 0 Å². The summed E-state index contributed by atoms with van der Waals surface area (Å²) in [5, 5.41) is 0. The number of rotatable bonds is 4. The molecule has 0 fully saturated rings. The first-order chi connectivity index (χ1) is 6.57. The summed E-state index contributed by atoms with van der Waals surface area (Å²) in [4.78, 5) is 10.5. The van der Waals surface area contributed by atoms with Crippen molar-refractivity contribution in [3.8, 4) is 11.8 Å². The number of nitrogens with two attached hydrogens (primary N) is 3. The number of carbonyl (C=O) groups is 1. The van der Waals surface area contributed by atoms with E-state index in [0.717, 1.165) is 12.8 Å². The van der Waals surface area contributed by atoms with E-state index in [1.54, 1.807) is 6.08 Å². The molecule has 4 nitrogen and oxygen atoms in total. The molecule has 0 aliphatic rings. The Hall–Kier alpha value is -1.31. The Morgan fingerprint density at radius 2 is 2.07 bits per heavy atom. The molecule has 0 aromatic rings. The lowest BCUT2D eigenvalue weighted by molar-refractivity contribution is -0.118. The molecule has 0 rings (SSSR count). The van der Waals surface area contributed by atoms with Gasteiger partial charge in [-0.15, -0.1) is 5.92 Å². The summed E-state index contributed by atoms with van der Waals surface area (Å²) < 4.78 is 0. The molecule has 0 heterocycles. The predicted octanol–water partition coefficient (Wildman–Crippen LogP) is -0.514. The summed E-state index contributed by atoms with van der Waals surface area (Å²) in [6.45, 7) is 2.04. The summed E-state index contributed by atoms with van der Waals surface area (Å²) in [6.07, 6.45) is 4.87. The first-order valence-corrected chi connectivity index (χ1v) is 4.55. The van der Waals surface area contributed by atoms with Crippen molar-refractivity contribution >= 4 is 5.91 Å². The molecule has 0 aromatic carbocycles. The van der Waals surface area contributed by atoms with Crippen LogP contribution in [0.15, 0.2) is 12.2 Å². The van der Waals surface area contributed by atoms with Crippen LogP contribution in [0, 0.1) is 11.8 Å². The third kappa shape index (κ3) is 6.23. The fourth-order valence-electron chi connectivity index (χ4n) is 0.697. The van der Waals surface area contributed by atoms with Gasteiger partial charge in [0.2, 0.25) is 5.91 Å². The van der Waals surface area contributed by atoms with Crippen LogP contribution in [-0.4, -0.2) is 18.0 Å². The second-order valence-corrected chi connectivity index (χ2v) is 2.91. The van der Waals surface area contributed by atoms with Gasteiger partial charge in [-0.05, 0) is 6.42 Å². The average molecular weight is 195 g/mol. The summed E-state index contributed by atoms with van der Waals surface area (Å²) >= 11 is 0. The topological polar surface area (TPSA) is 95.1 Å². The smallest absolute Gasteiger partial charge is 0.238 e. The molecule has 0 saturated carbocycles. The van der Waals surface area contributed by atoms with E-state index >= 15 is 0 Å². The quantitative estimate of drug-likeness (QED) is 0.416. The van der Waals surface area contributed by atoms with Gasteiger partial charge in [0.05, 0.1) is 6.04 Å². The van der Waals surface area contributed by atoms with Gasteiger partial charge in [0, 0.05) is 6.42 Å². The van der Waals surface area contributed by atoms with Gasteiger partial charge in [-0.2, -0.15) is 0 Å². The Bertz CT molecular complexity index is 262. The minimum absolute atomic E-state index is 0.382. The number of amides is 1. The van der Waals surface area contributed by atoms with E-state index in [0.29, 0.717) is 0 Å². The molecule has 0 spiro atoms. The lowest BCUT2D eigenvalue weighted by Gasteiger charge is -2.00. The zero-order chi connectivity index (χ0) is 11.0. The fourth-order valence-corrected chi connectivity index (χ4v) is 0.697. The van der Waals surface area contributed by atoms with E-state index in [4.69, 9.17) is 17.2 Å². The first-order valence-electron chi connectivity index (χ1n) is 4.55. The highest BCUT2D eigenvalue weighted by molar-refractivity contribution is 5.81. The van der Waals surface area contributed by atoms with Gasteiger partial charge in [-0.3, -0.25) is 4.79 Å². The van der Waals surface area contributed by atoms with E-state index in [1.807, 2.05) is 6.92 Å². The Morgan fingerprint density at radius 3 is 2.57 bits per heavy atom. The van der Waals surface area contributed by atoms with Crippen LogP contribution in [-0.2, 0) is 4.79 Å². The van der Waals surface area contributed by atoms with Gasteiger partial charge in [0.15, 0.2) is 0 Å². The largest absolute Gasteiger partial charge is 0.368 e. The number of hydrogen-bond acceptors (Lipinski definition) is 3. The van der Waals surface area contributed by atoms with E-state index in [-0.39, 0.29) is 6.04 Å². The highest BCUT2D eigenvalue weighted by Gasteiger charge is 2.03. The van der Waals surface area contributed by atoms with Gasteiger partial charge >= 0.3 is 0 Å². The summed E-state index contributed by atoms with van der Waals surface area (Å²) in [7, 11) is 0. The maximum Gasteiger partial charge on any atom is 0.238 e. The second kappa shape index (κ2) is 7.13. The van der Waals surface area contributed by atoms with E-state index in [2.05, 4.69) is 11.8 Å². The molecule has 2 unspecified atom stereocenters. The van der Waals surface area contributed by atoms with Gasteiger partial charge < -0.3 is 17.2 Å². The highest BCUT2D eigenvalue weighted by Crippen LogP contribution is 1.86. The molecular weight excluding hydrogens is 178 g/mol. The Labute approximate surface area is 84.5 Å². The fraction of sp³-hybridized carbons (Fsp3) is 0.500. The monoisotopic (exact) mass is 195 g/mol. The zero-order valence-corrected chi connectivity index (χ0v) is 8.36. The average Bonchev–Trinajstić information content (AvgIpc) is 2.14. The minimum Gasteiger partial charge on any atom is -0.368 e. The Kier molecular flexibility index (Phi) is 6.46. The molecule has 4 heteroatoms. The molecule has 1 amide bonds. The molecule has 0 bridgehead atoms. The summed E-state index contributed by atoms with van der Waals surface area (Å²) in [6, 6.07) is -1.17. The second-order valence-electron chi connectivity index (χ2n) is 2.91. The van der Waals surface area contributed by atoms with E-state index in [9.17, 15) is 4.79 Å². The van der Waals surface area contributed by atoms with Crippen molar-refractivity contribution in [1.82, 2.24) is 0 Å². The van der Waals surface area contributed by atoms with Crippen molar-refractivity contribution in [2.45, 2.75) is 31.8 Å². The normalized spacial score (nSPS) is 14.5. The van der Waals surface area contributed by atoms with Gasteiger partial charge in [-0.25, -0.2) is 0 Å². The van der Waals surface area contributed by atoms with Crippen molar-refractivity contribution < 1.29 is 4.79 Å². The molecule has 2 atom stereocenters. The van der Waals surface area contributed by atoms with Crippen LogP contribution in [0.4, 0.5) is 0 Å². The summed E-state index contributed by atoms with van der Waals surface area (Å²) in [5.74, 6) is 5.14. The molecular formula is C10H17N3O. The van der Waals surface area contributed by atoms with Crippen molar-refractivity contribution in [2.24, 2.45) is 17.2 Å². The van der Waals surface area contributed by atoms with Crippen molar-refractivity contribution in [2.75, 3.05) is 0 Å². The molecule has 0 aliphatic carbocycles. The number of carbonyl (C=O) groups excluding carboxylic acids is 1. The Balaban J connectivity index is 4.00. The number of hydrogen-bond donors (Lipinski definition) is 3. The SMILES string of the molecule is CCCC#CC(N)C=CC(N)C(N)=O. The molecule has 6 N–H and O–H groups in total. The maximum absolute atomic E-state index is 10.5. The van der Waals surface area contributed by atoms with Gasteiger partial charge in [-0.1, -0.05) is 25.0 Å². The maximum atomic E-state index is 10.5. The zero-order valence-electron chi connectivity index (χ0n) is 8.36. The molecule has 0 saturated heterocycles. The van der Waals surface area contributed by atoms with Crippen LogP contribution in [0.2, 0.25) is 0 Å². The van der Waals surface area contributed by atoms with Gasteiger partial charge in [0.25, 0.3) is 0 Å². The minimum atomic E-state index is -0.783. The predicted molar refractivity (Wildman–Crippen MR) is 57.0 cm³/mol. The van der Waals surface area contributed by atoms with E-state index in [1.165, 1.54) is 6.08 Å². The van der Waals surface area contributed by atoms with Crippen molar-refractivity contribution in [3.63, 3.8) is 0 Å². The highest BCUT2D eigenvalue weighted by atomic mass is 16.1. The lowest BCUT2D eigenvalue weighted by atomic mass is 10.2. The molecule has 0 aromatic heterocycles. The van der Waals surface area contributed by atoms with Crippen LogP contribution >= 0.6 is 0 Å². The van der Waals surface area contributed by atoms with Gasteiger partial charge in [0.1, 0.15) is 6.04 Å². The Morgan fingerprint density at radius 1 is 1.43 bits per heavy atom. The molecule has 0 aliphatic heterocycles. The summed E-state index contributed by atoms with van der Waals surface area (Å²) in [5.41, 5.74) is 15.9. The van der Waals surface area contributed by atoms with Crippen LogP contribution in [0.1, 0.15) is 19.8 Å².